The number of rotatable bonds is 4. The van der Waals surface area contributed by atoms with Crippen LogP contribution in [0.4, 0.5) is 0 Å². The SMILES string of the molecule is CCC(=O)N[C@H](OC)C(=O)OC. The average molecular weight is 175 g/mol. The van der Waals surface area contributed by atoms with Crippen LogP contribution in [0.15, 0.2) is 0 Å². The molecule has 5 heteroatoms. The van der Waals surface area contributed by atoms with E-state index in [2.05, 4.69) is 14.8 Å². The first kappa shape index (κ1) is 10.9. The van der Waals surface area contributed by atoms with E-state index in [0.29, 0.717) is 6.42 Å². The lowest BCUT2D eigenvalue weighted by Crippen LogP contribution is -2.42. The van der Waals surface area contributed by atoms with Crippen molar-refractivity contribution in [1.29, 1.82) is 0 Å². The maximum Gasteiger partial charge on any atom is 0.356 e. The molecule has 0 fully saturated rings. The monoisotopic (exact) mass is 175 g/mol. The average Bonchev–Trinajstić information content (AvgIpc) is 2.12. The molecular weight excluding hydrogens is 162 g/mol. The van der Waals surface area contributed by atoms with E-state index >= 15 is 0 Å². The molecule has 0 spiro atoms. The van der Waals surface area contributed by atoms with Gasteiger partial charge in [0.15, 0.2) is 0 Å². The summed E-state index contributed by atoms with van der Waals surface area (Å²) in [4.78, 5) is 21.6. The Morgan fingerprint density at radius 1 is 1.42 bits per heavy atom. The van der Waals surface area contributed by atoms with Crippen molar-refractivity contribution < 1.29 is 19.1 Å². The number of hydrogen-bond donors (Lipinski definition) is 1. The third-order valence-corrected chi connectivity index (χ3v) is 1.26. The van der Waals surface area contributed by atoms with Gasteiger partial charge in [-0.15, -0.1) is 0 Å². The van der Waals surface area contributed by atoms with Crippen molar-refractivity contribution in [3.63, 3.8) is 0 Å². The molecule has 0 aromatic heterocycles. The Labute approximate surface area is 71.0 Å². The van der Waals surface area contributed by atoms with Gasteiger partial charge in [-0.2, -0.15) is 0 Å². The summed E-state index contributed by atoms with van der Waals surface area (Å²) in [6.07, 6.45) is -0.695. The zero-order valence-electron chi connectivity index (χ0n) is 7.42. The third kappa shape index (κ3) is 3.34. The maximum atomic E-state index is 10.8. The van der Waals surface area contributed by atoms with Crippen molar-refractivity contribution in [2.75, 3.05) is 14.2 Å². The minimum atomic E-state index is -0.998. The fourth-order valence-corrected chi connectivity index (χ4v) is 0.569. The summed E-state index contributed by atoms with van der Waals surface area (Å²) in [6.45, 7) is 1.68. The Bertz CT molecular complexity index is 169. The maximum absolute atomic E-state index is 10.8. The Balaban J connectivity index is 3.99. The Hall–Kier alpha value is -1.10. The standard InChI is InChI=1S/C7H13NO4/c1-4-5(9)8-6(11-2)7(10)12-3/h6H,4H2,1-3H3,(H,8,9)/t6-/m1/s1. The van der Waals surface area contributed by atoms with Gasteiger partial charge in [-0.3, -0.25) is 4.79 Å². The largest absolute Gasteiger partial charge is 0.466 e. The van der Waals surface area contributed by atoms with Gasteiger partial charge in [0.1, 0.15) is 0 Å². The van der Waals surface area contributed by atoms with Crippen LogP contribution in [-0.2, 0) is 19.1 Å². The number of esters is 1. The molecule has 70 valence electrons. The zero-order chi connectivity index (χ0) is 9.56. The Kier molecular flexibility index (Phi) is 5.03. The topological polar surface area (TPSA) is 64.6 Å². The van der Waals surface area contributed by atoms with E-state index in [1.165, 1.54) is 14.2 Å². The van der Waals surface area contributed by atoms with Gasteiger partial charge in [-0.1, -0.05) is 6.92 Å². The van der Waals surface area contributed by atoms with Crippen LogP contribution in [0.3, 0.4) is 0 Å². The zero-order valence-corrected chi connectivity index (χ0v) is 7.42. The van der Waals surface area contributed by atoms with Gasteiger partial charge in [0.25, 0.3) is 0 Å². The van der Waals surface area contributed by atoms with Crippen LogP contribution in [0.1, 0.15) is 13.3 Å². The molecule has 0 radical (unpaired) electrons. The van der Waals surface area contributed by atoms with Gasteiger partial charge in [0.2, 0.25) is 12.1 Å². The van der Waals surface area contributed by atoms with Gasteiger partial charge in [-0.25, -0.2) is 4.79 Å². The van der Waals surface area contributed by atoms with Gasteiger partial charge >= 0.3 is 5.97 Å². The molecule has 0 saturated heterocycles. The highest BCUT2D eigenvalue weighted by Gasteiger charge is 2.19. The second kappa shape index (κ2) is 5.54. The molecule has 0 heterocycles. The molecule has 0 aromatic rings. The van der Waals surface area contributed by atoms with Crippen LogP contribution in [0.25, 0.3) is 0 Å². The van der Waals surface area contributed by atoms with Crippen LogP contribution >= 0.6 is 0 Å². The second-order valence-electron chi connectivity index (χ2n) is 2.06. The van der Waals surface area contributed by atoms with E-state index in [1.807, 2.05) is 0 Å². The summed E-state index contributed by atoms with van der Waals surface area (Å²) >= 11 is 0. The van der Waals surface area contributed by atoms with E-state index in [0.717, 1.165) is 0 Å². The summed E-state index contributed by atoms with van der Waals surface area (Å²) in [5.74, 6) is -0.869. The van der Waals surface area contributed by atoms with Crippen molar-refractivity contribution in [2.24, 2.45) is 0 Å². The van der Waals surface area contributed by atoms with Crippen LogP contribution in [0.5, 0.6) is 0 Å². The number of methoxy groups -OCH3 is 2. The molecule has 0 unspecified atom stereocenters. The summed E-state index contributed by atoms with van der Waals surface area (Å²) in [5.41, 5.74) is 0. The summed E-state index contributed by atoms with van der Waals surface area (Å²) in [7, 11) is 2.55. The molecule has 0 rings (SSSR count). The second-order valence-corrected chi connectivity index (χ2v) is 2.06. The van der Waals surface area contributed by atoms with E-state index in [-0.39, 0.29) is 5.91 Å². The van der Waals surface area contributed by atoms with Crippen LogP contribution < -0.4 is 5.32 Å². The van der Waals surface area contributed by atoms with Gasteiger partial charge in [0, 0.05) is 13.5 Å². The van der Waals surface area contributed by atoms with Gasteiger partial charge < -0.3 is 14.8 Å². The van der Waals surface area contributed by atoms with Crippen molar-refractivity contribution >= 4 is 11.9 Å². The normalized spacial score (nSPS) is 11.9. The fraction of sp³-hybridized carbons (Fsp3) is 0.714. The molecule has 0 saturated carbocycles. The van der Waals surface area contributed by atoms with E-state index in [1.54, 1.807) is 6.92 Å². The predicted molar refractivity (Wildman–Crippen MR) is 41.2 cm³/mol. The Morgan fingerprint density at radius 3 is 2.33 bits per heavy atom. The molecule has 0 bridgehead atoms. The van der Waals surface area contributed by atoms with Crippen LogP contribution in [0, 0.1) is 0 Å². The molecule has 1 atom stereocenters. The smallest absolute Gasteiger partial charge is 0.356 e. The number of carbonyl (C=O) groups excluding carboxylic acids is 2. The summed E-state index contributed by atoms with van der Waals surface area (Å²) in [6, 6.07) is 0. The first-order chi connectivity index (χ1) is 5.65. The van der Waals surface area contributed by atoms with Gasteiger partial charge in [-0.05, 0) is 0 Å². The molecule has 1 amide bonds. The van der Waals surface area contributed by atoms with Crippen molar-refractivity contribution in [3.8, 4) is 0 Å². The number of carbonyl (C=O) groups is 2. The summed E-state index contributed by atoms with van der Waals surface area (Å²) < 4.78 is 9.04. The van der Waals surface area contributed by atoms with Crippen LogP contribution in [-0.4, -0.2) is 32.3 Å². The third-order valence-electron chi connectivity index (χ3n) is 1.26. The highest BCUT2D eigenvalue weighted by Crippen LogP contribution is 1.89. The molecule has 0 aliphatic carbocycles. The van der Waals surface area contributed by atoms with Crippen LogP contribution in [0.2, 0.25) is 0 Å². The quantitative estimate of drug-likeness (QED) is 0.469. The van der Waals surface area contributed by atoms with Crippen molar-refractivity contribution in [3.05, 3.63) is 0 Å². The first-order valence-corrected chi connectivity index (χ1v) is 3.55. The molecule has 12 heavy (non-hydrogen) atoms. The van der Waals surface area contributed by atoms with Gasteiger partial charge in [0.05, 0.1) is 7.11 Å². The lowest BCUT2D eigenvalue weighted by molar-refractivity contribution is -0.156. The molecule has 0 aliphatic rings. The highest BCUT2D eigenvalue weighted by atomic mass is 16.6. The van der Waals surface area contributed by atoms with E-state index < -0.39 is 12.2 Å². The number of ether oxygens (including phenoxy) is 2. The lowest BCUT2D eigenvalue weighted by atomic mass is 10.4. The number of amides is 1. The predicted octanol–water partition coefficient (Wildman–Crippen LogP) is -0.342. The summed E-state index contributed by atoms with van der Waals surface area (Å²) in [5, 5.41) is 2.33. The minimum absolute atomic E-state index is 0.257. The molecule has 0 aliphatic heterocycles. The highest BCUT2D eigenvalue weighted by molar-refractivity contribution is 5.83. The lowest BCUT2D eigenvalue weighted by Gasteiger charge is -2.13. The number of hydrogen-bond acceptors (Lipinski definition) is 4. The molecule has 0 aromatic carbocycles. The van der Waals surface area contributed by atoms with E-state index in [9.17, 15) is 9.59 Å². The molecular formula is C7H13NO4. The first-order valence-electron chi connectivity index (χ1n) is 3.55. The molecule has 1 N–H and O–H groups in total. The minimum Gasteiger partial charge on any atom is -0.466 e. The Morgan fingerprint density at radius 2 is 2.00 bits per heavy atom. The van der Waals surface area contributed by atoms with E-state index in [4.69, 9.17) is 0 Å². The van der Waals surface area contributed by atoms with Crippen molar-refractivity contribution in [2.45, 2.75) is 19.6 Å². The number of nitrogens with one attached hydrogen (secondary N) is 1. The molecule has 5 nitrogen and oxygen atoms in total. The van der Waals surface area contributed by atoms with Crippen molar-refractivity contribution in [1.82, 2.24) is 5.32 Å². The fourth-order valence-electron chi connectivity index (χ4n) is 0.569.